The zero-order valence-electron chi connectivity index (χ0n) is 16.9. The first-order valence-corrected chi connectivity index (χ1v) is 10.2. The van der Waals surface area contributed by atoms with E-state index in [1.54, 1.807) is 4.90 Å². The lowest BCUT2D eigenvalue weighted by Crippen LogP contribution is -2.65. The smallest absolute Gasteiger partial charge is 0.253 e. The van der Waals surface area contributed by atoms with Crippen LogP contribution in [-0.4, -0.2) is 54.0 Å². The average Bonchev–Trinajstić information content (AvgIpc) is 2.69. The van der Waals surface area contributed by atoms with Gasteiger partial charge in [-0.3, -0.25) is 14.5 Å². The van der Waals surface area contributed by atoms with Crippen LogP contribution in [0.15, 0.2) is 24.3 Å². The molecule has 1 saturated heterocycles. The fraction of sp³-hybridized carbons (Fsp3) is 0.619. The molecule has 6 nitrogen and oxygen atoms in total. The summed E-state index contributed by atoms with van der Waals surface area (Å²) < 4.78 is 0. The van der Waals surface area contributed by atoms with Crippen LogP contribution in [0.5, 0.6) is 0 Å². The Morgan fingerprint density at radius 3 is 2.52 bits per heavy atom. The SMILES string of the molecule is CCNC(=O)C(C)N1C(=O)C2(CCN(C(C)CC)CC2)Nc2ccccc21. The molecule has 1 aromatic carbocycles. The van der Waals surface area contributed by atoms with Crippen molar-refractivity contribution in [2.75, 3.05) is 29.9 Å². The number of anilines is 2. The second-order valence-electron chi connectivity index (χ2n) is 7.76. The maximum absolute atomic E-state index is 13.6. The Bertz CT molecular complexity index is 697. The Kier molecular flexibility index (Phi) is 5.75. The summed E-state index contributed by atoms with van der Waals surface area (Å²) in [4.78, 5) is 30.3. The van der Waals surface area contributed by atoms with Crippen LogP contribution in [0.1, 0.15) is 47.0 Å². The first-order valence-electron chi connectivity index (χ1n) is 10.2. The first-order chi connectivity index (χ1) is 12.9. The van der Waals surface area contributed by atoms with Crippen molar-refractivity contribution in [3.8, 4) is 0 Å². The zero-order valence-corrected chi connectivity index (χ0v) is 16.9. The summed E-state index contributed by atoms with van der Waals surface area (Å²) in [5, 5.41) is 6.40. The van der Waals surface area contributed by atoms with E-state index in [4.69, 9.17) is 0 Å². The van der Waals surface area contributed by atoms with E-state index in [-0.39, 0.29) is 11.8 Å². The molecule has 2 heterocycles. The van der Waals surface area contributed by atoms with Crippen molar-refractivity contribution >= 4 is 23.2 Å². The van der Waals surface area contributed by atoms with Crippen molar-refractivity contribution in [1.82, 2.24) is 10.2 Å². The van der Waals surface area contributed by atoms with E-state index < -0.39 is 11.6 Å². The molecule has 0 bridgehead atoms. The molecular formula is C21H32N4O2. The van der Waals surface area contributed by atoms with E-state index in [2.05, 4.69) is 29.4 Å². The number of piperidine rings is 1. The number of rotatable bonds is 5. The van der Waals surface area contributed by atoms with Crippen molar-refractivity contribution in [3.05, 3.63) is 24.3 Å². The zero-order chi connectivity index (χ0) is 19.6. The molecule has 1 aromatic rings. The lowest BCUT2D eigenvalue weighted by atomic mass is 9.82. The molecule has 27 heavy (non-hydrogen) atoms. The lowest BCUT2D eigenvalue weighted by molar-refractivity contribution is -0.129. The molecule has 1 spiro atoms. The van der Waals surface area contributed by atoms with E-state index in [9.17, 15) is 9.59 Å². The molecule has 1 fully saturated rings. The van der Waals surface area contributed by atoms with Gasteiger partial charge in [0.25, 0.3) is 5.91 Å². The second kappa shape index (κ2) is 7.89. The quantitative estimate of drug-likeness (QED) is 0.834. The van der Waals surface area contributed by atoms with E-state index in [0.29, 0.717) is 12.6 Å². The predicted molar refractivity (Wildman–Crippen MR) is 109 cm³/mol. The molecule has 2 atom stereocenters. The molecule has 2 aliphatic rings. The van der Waals surface area contributed by atoms with Crippen LogP contribution in [-0.2, 0) is 9.59 Å². The number of fused-ring (bicyclic) bond motifs is 1. The van der Waals surface area contributed by atoms with E-state index in [1.807, 2.05) is 38.1 Å². The summed E-state index contributed by atoms with van der Waals surface area (Å²) in [6, 6.07) is 7.79. The van der Waals surface area contributed by atoms with Gasteiger partial charge in [0.15, 0.2) is 0 Å². The number of para-hydroxylation sites is 2. The van der Waals surface area contributed by atoms with Crippen LogP contribution in [0.25, 0.3) is 0 Å². The normalized spacial score (nSPS) is 21.3. The van der Waals surface area contributed by atoms with Gasteiger partial charge in [-0.05, 0) is 52.2 Å². The molecule has 2 N–H and O–H groups in total. The molecule has 0 radical (unpaired) electrons. The summed E-state index contributed by atoms with van der Waals surface area (Å²) in [7, 11) is 0. The molecule has 148 valence electrons. The number of carbonyl (C=O) groups excluding carboxylic acids is 2. The van der Waals surface area contributed by atoms with Gasteiger partial charge >= 0.3 is 0 Å². The number of hydrogen-bond acceptors (Lipinski definition) is 4. The minimum absolute atomic E-state index is 0.0174. The number of likely N-dealkylation sites (N-methyl/N-ethyl adjacent to an activating group) is 1. The number of amides is 2. The molecule has 0 saturated carbocycles. The van der Waals surface area contributed by atoms with E-state index in [1.165, 1.54) is 0 Å². The van der Waals surface area contributed by atoms with Crippen LogP contribution in [0.4, 0.5) is 11.4 Å². The first kappa shape index (κ1) is 19.7. The van der Waals surface area contributed by atoms with Gasteiger partial charge in [-0.25, -0.2) is 0 Å². The van der Waals surface area contributed by atoms with Crippen LogP contribution in [0.2, 0.25) is 0 Å². The number of carbonyl (C=O) groups is 2. The third kappa shape index (κ3) is 3.55. The topological polar surface area (TPSA) is 64.7 Å². The Balaban J connectivity index is 1.91. The molecule has 6 heteroatoms. The van der Waals surface area contributed by atoms with Gasteiger partial charge in [0, 0.05) is 25.7 Å². The third-order valence-electron chi connectivity index (χ3n) is 6.15. The fourth-order valence-electron chi connectivity index (χ4n) is 4.21. The van der Waals surface area contributed by atoms with Gasteiger partial charge < -0.3 is 15.5 Å². The molecule has 0 aliphatic carbocycles. The fourth-order valence-corrected chi connectivity index (χ4v) is 4.21. The maximum atomic E-state index is 13.6. The highest BCUT2D eigenvalue weighted by Crippen LogP contribution is 2.41. The molecule has 2 unspecified atom stereocenters. The number of benzene rings is 1. The van der Waals surface area contributed by atoms with Crippen LogP contribution < -0.4 is 15.5 Å². The van der Waals surface area contributed by atoms with E-state index in [0.717, 1.165) is 43.7 Å². The maximum Gasteiger partial charge on any atom is 0.253 e. The number of nitrogens with zero attached hydrogens (tertiary/aromatic N) is 2. The highest BCUT2D eigenvalue weighted by atomic mass is 16.2. The molecule has 3 rings (SSSR count). The Hall–Kier alpha value is -2.08. The standard InChI is InChI=1S/C21H32N4O2/c1-5-15(3)24-13-11-21(12-14-24)20(27)25(16(4)19(26)22-6-2)18-10-8-7-9-17(18)23-21/h7-10,15-16,23H,5-6,11-14H2,1-4H3,(H,22,26). The number of likely N-dealkylation sites (tertiary alicyclic amines) is 1. The summed E-state index contributed by atoms with van der Waals surface area (Å²) in [6.45, 7) is 10.5. The van der Waals surface area contributed by atoms with Gasteiger partial charge in [-0.2, -0.15) is 0 Å². The van der Waals surface area contributed by atoms with Crippen LogP contribution in [0.3, 0.4) is 0 Å². The lowest BCUT2D eigenvalue weighted by Gasteiger charge is -2.49. The van der Waals surface area contributed by atoms with Crippen molar-refractivity contribution in [1.29, 1.82) is 0 Å². The Morgan fingerprint density at radius 2 is 1.89 bits per heavy atom. The molecule has 2 aliphatic heterocycles. The molecular weight excluding hydrogens is 340 g/mol. The summed E-state index contributed by atoms with van der Waals surface area (Å²) in [5.74, 6) is -0.0986. The summed E-state index contributed by atoms with van der Waals surface area (Å²) in [6.07, 6.45) is 2.61. The van der Waals surface area contributed by atoms with Crippen molar-refractivity contribution in [3.63, 3.8) is 0 Å². The average molecular weight is 373 g/mol. The number of nitrogens with one attached hydrogen (secondary N) is 2. The highest BCUT2D eigenvalue weighted by molar-refractivity contribution is 6.11. The van der Waals surface area contributed by atoms with E-state index >= 15 is 0 Å². The Morgan fingerprint density at radius 1 is 1.22 bits per heavy atom. The van der Waals surface area contributed by atoms with Crippen LogP contribution >= 0.6 is 0 Å². The summed E-state index contributed by atoms with van der Waals surface area (Å²) >= 11 is 0. The highest BCUT2D eigenvalue weighted by Gasteiger charge is 2.49. The van der Waals surface area contributed by atoms with Crippen molar-refractivity contribution < 1.29 is 9.59 Å². The predicted octanol–water partition coefficient (Wildman–Crippen LogP) is 2.60. The molecule has 2 amide bonds. The minimum Gasteiger partial charge on any atom is -0.369 e. The monoisotopic (exact) mass is 372 g/mol. The second-order valence-corrected chi connectivity index (χ2v) is 7.76. The number of hydrogen-bond donors (Lipinski definition) is 2. The summed E-state index contributed by atoms with van der Waals surface area (Å²) in [5.41, 5.74) is 1.10. The molecule has 0 aromatic heterocycles. The van der Waals surface area contributed by atoms with Gasteiger partial charge in [0.1, 0.15) is 11.6 Å². The Labute approximate surface area is 162 Å². The van der Waals surface area contributed by atoms with Crippen molar-refractivity contribution in [2.45, 2.75) is 64.6 Å². The van der Waals surface area contributed by atoms with Gasteiger partial charge in [0.2, 0.25) is 5.91 Å². The van der Waals surface area contributed by atoms with Gasteiger partial charge in [-0.15, -0.1) is 0 Å². The van der Waals surface area contributed by atoms with Crippen molar-refractivity contribution in [2.24, 2.45) is 0 Å². The third-order valence-corrected chi connectivity index (χ3v) is 6.15. The van der Waals surface area contributed by atoms with Gasteiger partial charge in [-0.1, -0.05) is 19.1 Å². The minimum atomic E-state index is -0.626. The largest absolute Gasteiger partial charge is 0.369 e. The van der Waals surface area contributed by atoms with Crippen LogP contribution in [0, 0.1) is 0 Å². The van der Waals surface area contributed by atoms with Gasteiger partial charge in [0.05, 0.1) is 11.4 Å².